The highest BCUT2D eigenvalue weighted by atomic mass is 16.5. The normalized spacial score (nSPS) is 10.4. The first-order valence-corrected chi connectivity index (χ1v) is 9.01. The van der Waals surface area contributed by atoms with Crippen molar-refractivity contribution < 1.29 is 14.3 Å². The van der Waals surface area contributed by atoms with Crippen molar-refractivity contribution >= 4 is 34.0 Å². The van der Waals surface area contributed by atoms with Crippen LogP contribution in [0.5, 0.6) is 5.75 Å². The molecule has 0 radical (unpaired) electrons. The minimum Gasteiger partial charge on any atom is -0.483 e. The molecule has 2 aromatic carbocycles. The van der Waals surface area contributed by atoms with Gasteiger partial charge in [0.15, 0.2) is 6.61 Å². The summed E-state index contributed by atoms with van der Waals surface area (Å²) in [5, 5.41) is 6.54. The second kappa shape index (κ2) is 8.88. The Labute approximate surface area is 167 Å². The lowest BCUT2D eigenvalue weighted by molar-refractivity contribution is -0.118. The highest BCUT2D eigenvalue weighted by molar-refractivity contribution is 5.93. The fourth-order valence-corrected chi connectivity index (χ4v) is 2.88. The predicted octanol–water partition coefficient (Wildman–Crippen LogP) is 3.16. The quantitative estimate of drug-likeness (QED) is 0.606. The lowest BCUT2D eigenvalue weighted by atomic mass is 10.1. The third-order valence-electron chi connectivity index (χ3n) is 4.15. The zero-order chi connectivity index (χ0) is 20.8. The van der Waals surface area contributed by atoms with Crippen LogP contribution >= 0.6 is 0 Å². The number of rotatable bonds is 7. The zero-order valence-corrected chi connectivity index (χ0v) is 16.0. The molecule has 0 spiro atoms. The van der Waals surface area contributed by atoms with Gasteiger partial charge in [0, 0.05) is 36.4 Å². The van der Waals surface area contributed by atoms with E-state index in [0.29, 0.717) is 34.4 Å². The lowest BCUT2D eigenvalue weighted by Gasteiger charge is -2.11. The number of carbonyl (C=O) groups excluding carboxylic acids is 2. The van der Waals surface area contributed by atoms with Gasteiger partial charge >= 0.3 is 0 Å². The van der Waals surface area contributed by atoms with Gasteiger partial charge in [-0.05, 0) is 42.5 Å². The Morgan fingerprint density at radius 1 is 1.03 bits per heavy atom. The maximum atomic E-state index is 12.5. The van der Waals surface area contributed by atoms with Gasteiger partial charge in [-0.15, -0.1) is 6.58 Å². The highest BCUT2D eigenvalue weighted by Crippen LogP contribution is 2.23. The van der Waals surface area contributed by atoms with Crippen LogP contribution in [0.15, 0.2) is 72.2 Å². The average molecular weight is 391 g/mol. The molecule has 0 aliphatic heterocycles. The largest absolute Gasteiger partial charge is 0.483 e. The van der Waals surface area contributed by atoms with Crippen molar-refractivity contribution in [3.8, 4) is 5.75 Å². The number of fused-ring (bicyclic) bond motifs is 1. The van der Waals surface area contributed by atoms with Crippen LogP contribution in [0, 0.1) is 0 Å². The molecule has 7 heteroatoms. The van der Waals surface area contributed by atoms with Crippen LogP contribution in [0.3, 0.4) is 0 Å². The summed E-state index contributed by atoms with van der Waals surface area (Å²) in [5.41, 5.74) is 1.08. The van der Waals surface area contributed by atoms with Crippen LogP contribution in [0.4, 0.5) is 11.4 Å². The number of aromatic nitrogens is 1. The van der Waals surface area contributed by atoms with Crippen molar-refractivity contribution in [1.29, 1.82) is 0 Å². The predicted molar refractivity (Wildman–Crippen MR) is 113 cm³/mol. The number of ether oxygens (including phenoxy) is 1. The van der Waals surface area contributed by atoms with Crippen LogP contribution in [-0.2, 0) is 16.1 Å². The van der Waals surface area contributed by atoms with Crippen molar-refractivity contribution in [3.05, 3.63) is 77.7 Å². The van der Waals surface area contributed by atoms with E-state index in [1.807, 2.05) is 0 Å². The van der Waals surface area contributed by atoms with Crippen molar-refractivity contribution in [1.82, 2.24) is 4.57 Å². The topological polar surface area (TPSA) is 89.4 Å². The Morgan fingerprint density at radius 2 is 1.72 bits per heavy atom. The van der Waals surface area contributed by atoms with Crippen molar-refractivity contribution in [3.63, 3.8) is 0 Å². The summed E-state index contributed by atoms with van der Waals surface area (Å²) in [6.07, 6.45) is 3.33. The van der Waals surface area contributed by atoms with Crippen LogP contribution in [0.2, 0.25) is 0 Å². The van der Waals surface area contributed by atoms with E-state index in [1.54, 1.807) is 65.4 Å². The second-order valence-electron chi connectivity index (χ2n) is 6.37. The minimum atomic E-state index is -0.339. The zero-order valence-electron chi connectivity index (χ0n) is 16.0. The molecule has 2 amide bonds. The highest BCUT2D eigenvalue weighted by Gasteiger charge is 2.09. The van der Waals surface area contributed by atoms with E-state index in [9.17, 15) is 14.4 Å². The van der Waals surface area contributed by atoms with Crippen molar-refractivity contribution in [2.45, 2.75) is 13.5 Å². The van der Waals surface area contributed by atoms with Gasteiger partial charge in [-0.2, -0.15) is 0 Å². The summed E-state index contributed by atoms with van der Waals surface area (Å²) in [6.45, 7) is 5.29. The third-order valence-corrected chi connectivity index (χ3v) is 4.15. The third kappa shape index (κ3) is 4.90. The summed E-state index contributed by atoms with van der Waals surface area (Å²) in [7, 11) is 0. The first kappa shape index (κ1) is 19.9. The number of allylic oxidation sites excluding steroid dienone is 1. The minimum absolute atomic E-state index is 0.142. The lowest BCUT2D eigenvalue weighted by Crippen LogP contribution is -2.21. The SMILES string of the molecule is C=CCn1ccc2c(OCC(=O)Nc3ccc(NC(C)=O)cc3)cccc2c1=O. The van der Waals surface area contributed by atoms with Gasteiger partial charge in [-0.25, -0.2) is 0 Å². The summed E-state index contributed by atoms with van der Waals surface area (Å²) < 4.78 is 7.20. The van der Waals surface area contributed by atoms with E-state index in [-0.39, 0.29) is 24.0 Å². The smallest absolute Gasteiger partial charge is 0.262 e. The molecule has 0 saturated heterocycles. The maximum Gasteiger partial charge on any atom is 0.262 e. The second-order valence-corrected chi connectivity index (χ2v) is 6.37. The Morgan fingerprint density at radius 3 is 2.38 bits per heavy atom. The van der Waals surface area contributed by atoms with E-state index in [1.165, 1.54) is 6.92 Å². The molecular weight excluding hydrogens is 370 g/mol. The van der Waals surface area contributed by atoms with Crippen molar-refractivity contribution in [2.24, 2.45) is 0 Å². The molecule has 148 valence electrons. The van der Waals surface area contributed by atoms with E-state index in [4.69, 9.17) is 4.74 Å². The van der Waals surface area contributed by atoms with Gasteiger partial charge in [0.25, 0.3) is 11.5 Å². The first-order chi connectivity index (χ1) is 14.0. The van der Waals surface area contributed by atoms with Gasteiger partial charge in [0.2, 0.25) is 5.91 Å². The molecule has 0 atom stereocenters. The molecule has 1 heterocycles. The number of hydrogen-bond acceptors (Lipinski definition) is 4. The van der Waals surface area contributed by atoms with Gasteiger partial charge in [0.1, 0.15) is 5.75 Å². The Hall–Kier alpha value is -3.87. The van der Waals surface area contributed by atoms with Gasteiger partial charge in [-0.3, -0.25) is 14.4 Å². The van der Waals surface area contributed by atoms with Crippen molar-refractivity contribution in [2.75, 3.05) is 17.2 Å². The van der Waals surface area contributed by atoms with E-state index in [0.717, 1.165) is 0 Å². The molecule has 0 bridgehead atoms. The fourth-order valence-electron chi connectivity index (χ4n) is 2.88. The maximum absolute atomic E-state index is 12.5. The molecule has 0 saturated carbocycles. The Bertz CT molecular complexity index is 1120. The number of hydrogen-bond donors (Lipinski definition) is 2. The van der Waals surface area contributed by atoms with Gasteiger partial charge in [0.05, 0.1) is 5.39 Å². The number of anilines is 2. The molecule has 3 rings (SSSR count). The molecule has 0 unspecified atom stereocenters. The molecule has 0 aliphatic rings. The number of amides is 2. The molecule has 1 aromatic heterocycles. The van der Waals surface area contributed by atoms with Crippen LogP contribution in [-0.4, -0.2) is 23.0 Å². The number of pyridine rings is 1. The van der Waals surface area contributed by atoms with E-state index >= 15 is 0 Å². The fraction of sp³-hybridized carbons (Fsp3) is 0.136. The average Bonchev–Trinajstić information content (AvgIpc) is 2.70. The monoisotopic (exact) mass is 391 g/mol. The summed E-state index contributed by atoms with van der Waals surface area (Å²) in [6, 6.07) is 13.7. The molecule has 3 aromatic rings. The Kier molecular flexibility index (Phi) is 6.09. The number of nitrogens with one attached hydrogen (secondary N) is 2. The summed E-state index contributed by atoms with van der Waals surface area (Å²) in [5.74, 6) is -0.0442. The standard InChI is InChI=1S/C22H21N3O4/c1-3-12-25-13-11-18-19(22(25)28)5-4-6-20(18)29-14-21(27)24-17-9-7-16(8-10-17)23-15(2)26/h3-11,13H,1,12,14H2,2H3,(H,23,26)(H,24,27). The first-order valence-electron chi connectivity index (χ1n) is 9.01. The van der Waals surface area contributed by atoms with E-state index < -0.39 is 0 Å². The Balaban J connectivity index is 1.68. The molecule has 7 nitrogen and oxygen atoms in total. The van der Waals surface area contributed by atoms with Crippen LogP contribution in [0.1, 0.15) is 6.92 Å². The molecular formula is C22H21N3O4. The van der Waals surface area contributed by atoms with Crippen LogP contribution < -0.4 is 20.9 Å². The number of benzene rings is 2. The molecule has 2 N–H and O–H groups in total. The summed E-state index contributed by atoms with van der Waals surface area (Å²) >= 11 is 0. The van der Waals surface area contributed by atoms with Gasteiger partial charge in [-0.1, -0.05) is 12.1 Å². The van der Waals surface area contributed by atoms with Gasteiger partial charge < -0.3 is 19.9 Å². The molecule has 29 heavy (non-hydrogen) atoms. The summed E-state index contributed by atoms with van der Waals surface area (Å²) in [4.78, 5) is 35.7. The van der Waals surface area contributed by atoms with Crippen LogP contribution in [0.25, 0.3) is 10.8 Å². The molecule has 0 aliphatic carbocycles. The molecule has 0 fully saturated rings. The van der Waals surface area contributed by atoms with E-state index in [2.05, 4.69) is 17.2 Å². The number of nitrogens with zero attached hydrogens (tertiary/aromatic N) is 1. The number of carbonyl (C=O) groups is 2.